The summed E-state index contributed by atoms with van der Waals surface area (Å²) >= 11 is -0.749. The Morgan fingerprint density at radius 1 is 0.600 bits per heavy atom. The van der Waals surface area contributed by atoms with Crippen LogP contribution >= 0.6 is 0 Å². The molecule has 4 aliphatic carbocycles. The van der Waals surface area contributed by atoms with Gasteiger partial charge in [-0.2, -0.15) is 0 Å². The molecule has 0 radical (unpaired) electrons. The Kier molecular flexibility index (Phi) is 13.1. The molecule has 0 saturated heterocycles. The summed E-state index contributed by atoms with van der Waals surface area (Å²) in [6, 6.07) is 0. The third kappa shape index (κ3) is 6.83. The van der Waals surface area contributed by atoms with Crippen LogP contribution < -0.4 is 24.8 Å². The maximum absolute atomic E-state index is 2.52. The summed E-state index contributed by atoms with van der Waals surface area (Å²) < 4.78 is 3.72. The third-order valence-corrected chi connectivity index (χ3v) is 11.7. The van der Waals surface area contributed by atoms with E-state index in [2.05, 4.69) is 76.3 Å². The molecule has 0 saturated carbocycles. The first-order valence-electron chi connectivity index (χ1n) is 13.5. The minimum absolute atomic E-state index is 0. The Morgan fingerprint density at radius 2 is 1.00 bits per heavy atom. The summed E-state index contributed by atoms with van der Waals surface area (Å²) in [5.41, 5.74) is 10.2. The molecular formula is C32H42Cl2Zr. The first kappa shape index (κ1) is 30.6. The van der Waals surface area contributed by atoms with E-state index in [1.165, 1.54) is 64.2 Å². The minimum atomic E-state index is -0.749. The molecule has 0 aromatic rings. The quantitative estimate of drug-likeness (QED) is 0.327. The van der Waals surface area contributed by atoms with Crippen LogP contribution in [-0.4, -0.2) is 0 Å². The van der Waals surface area contributed by atoms with Crippen molar-refractivity contribution < 1.29 is 48.0 Å². The van der Waals surface area contributed by atoms with Gasteiger partial charge in [-0.3, -0.25) is 0 Å². The van der Waals surface area contributed by atoms with Gasteiger partial charge in [-0.1, -0.05) is 0 Å². The Balaban J connectivity index is 0.00000216. The Morgan fingerprint density at radius 3 is 1.37 bits per heavy atom. The number of hydrogen-bond donors (Lipinski definition) is 0. The maximum Gasteiger partial charge on any atom is -1.00 e. The van der Waals surface area contributed by atoms with Crippen LogP contribution in [0.1, 0.15) is 91.9 Å². The molecule has 0 nitrogen and oxygen atoms in total. The van der Waals surface area contributed by atoms with E-state index in [0.717, 1.165) is 0 Å². The van der Waals surface area contributed by atoms with Crippen molar-refractivity contribution in [3.8, 4) is 0 Å². The zero-order chi connectivity index (χ0) is 23.2. The second kappa shape index (κ2) is 15.0. The Labute approximate surface area is 239 Å². The molecule has 0 spiro atoms. The fourth-order valence-corrected chi connectivity index (χ4v) is 10.3. The first-order chi connectivity index (χ1) is 16.2. The van der Waals surface area contributed by atoms with Gasteiger partial charge in [-0.05, 0) is 0 Å². The summed E-state index contributed by atoms with van der Waals surface area (Å²) in [6.07, 6.45) is 31.9. The van der Waals surface area contributed by atoms with E-state index in [-0.39, 0.29) is 24.8 Å². The van der Waals surface area contributed by atoms with Crippen LogP contribution in [0.5, 0.6) is 0 Å². The molecule has 0 N–H and O–H groups in total. The molecule has 0 aliphatic heterocycles. The van der Waals surface area contributed by atoms with Crippen molar-refractivity contribution in [1.29, 1.82) is 0 Å². The normalized spacial score (nSPS) is 20.2. The van der Waals surface area contributed by atoms with Crippen molar-refractivity contribution in [1.82, 2.24) is 0 Å². The SMILES string of the molecule is CCCC1=C(C(CC)C2=[C]([Zr+2][C]3=C(C(CC)C4=C(CCC)C=CC4)C=CC3)CC=C2)CC=C1.[Cl-].[Cl-]. The Bertz CT molecular complexity index is 917. The van der Waals surface area contributed by atoms with Crippen LogP contribution in [0.4, 0.5) is 0 Å². The third-order valence-electron chi connectivity index (χ3n) is 7.82. The molecule has 4 rings (SSSR count). The van der Waals surface area contributed by atoms with E-state index < -0.39 is 23.2 Å². The van der Waals surface area contributed by atoms with Gasteiger partial charge in [-0.25, -0.2) is 0 Å². The van der Waals surface area contributed by atoms with Crippen molar-refractivity contribution in [3.05, 3.63) is 88.6 Å². The van der Waals surface area contributed by atoms with Crippen LogP contribution in [0.25, 0.3) is 0 Å². The predicted molar refractivity (Wildman–Crippen MR) is 141 cm³/mol. The smallest absolute Gasteiger partial charge is 1.00 e. The number of hydrogen-bond acceptors (Lipinski definition) is 0. The van der Waals surface area contributed by atoms with E-state index in [1.807, 2.05) is 6.56 Å². The molecule has 2 atom stereocenters. The summed E-state index contributed by atoms with van der Waals surface area (Å²) in [5.74, 6) is 1.30. The van der Waals surface area contributed by atoms with E-state index in [9.17, 15) is 0 Å². The second-order valence-electron chi connectivity index (χ2n) is 9.94. The minimum Gasteiger partial charge on any atom is -1.00 e. The van der Waals surface area contributed by atoms with Gasteiger partial charge in [0.1, 0.15) is 0 Å². The van der Waals surface area contributed by atoms with E-state index >= 15 is 0 Å². The molecule has 3 heteroatoms. The number of rotatable bonds is 12. The summed E-state index contributed by atoms with van der Waals surface area (Å²) in [5, 5.41) is 0. The van der Waals surface area contributed by atoms with Crippen LogP contribution in [-0.2, 0) is 23.2 Å². The standard InChI is InChI=1S/2C16H21.2ClH.Zr/c2*1-3-8-13-11-7-12-16(13)15(4-2)14-9-5-6-10-14;;;/h2*5,7,9,11,15H,3-4,6,8,12H2,1-2H3;2*1H;/q;;;;+2/p-2. The molecule has 0 bridgehead atoms. The van der Waals surface area contributed by atoms with Crippen molar-refractivity contribution in [2.45, 2.75) is 91.9 Å². The summed E-state index contributed by atoms with van der Waals surface area (Å²) in [4.78, 5) is 0. The van der Waals surface area contributed by atoms with Crippen molar-refractivity contribution in [2.24, 2.45) is 11.8 Å². The molecule has 0 aromatic carbocycles. The van der Waals surface area contributed by atoms with Crippen LogP contribution in [0, 0.1) is 11.8 Å². The average Bonchev–Trinajstić information content (AvgIpc) is 3.62. The number of allylic oxidation sites excluding steroid dienone is 16. The van der Waals surface area contributed by atoms with E-state index in [0.29, 0.717) is 11.8 Å². The van der Waals surface area contributed by atoms with Gasteiger partial charge in [0, 0.05) is 0 Å². The first-order valence-corrected chi connectivity index (χ1v) is 16.0. The molecule has 0 fully saturated rings. The summed E-state index contributed by atoms with van der Waals surface area (Å²) in [7, 11) is 0. The van der Waals surface area contributed by atoms with Gasteiger partial charge in [0.15, 0.2) is 0 Å². The van der Waals surface area contributed by atoms with Crippen molar-refractivity contribution >= 4 is 0 Å². The van der Waals surface area contributed by atoms with Crippen LogP contribution in [0.2, 0.25) is 0 Å². The molecule has 0 amide bonds. The zero-order valence-corrected chi connectivity index (χ0v) is 26.1. The van der Waals surface area contributed by atoms with Crippen LogP contribution in [0.15, 0.2) is 88.6 Å². The van der Waals surface area contributed by atoms with Crippen molar-refractivity contribution in [3.63, 3.8) is 0 Å². The average molecular weight is 589 g/mol. The monoisotopic (exact) mass is 586 g/mol. The van der Waals surface area contributed by atoms with Gasteiger partial charge >= 0.3 is 216 Å². The number of halogens is 2. The molecule has 35 heavy (non-hydrogen) atoms. The summed E-state index contributed by atoms with van der Waals surface area (Å²) in [6.45, 7) is 9.45. The molecule has 0 heterocycles. The predicted octanol–water partition coefficient (Wildman–Crippen LogP) is 3.67. The zero-order valence-electron chi connectivity index (χ0n) is 22.1. The molecule has 2 unspecified atom stereocenters. The molecule has 4 aliphatic rings. The topological polar surface area (TPSA) is 0 Å². The molecule has 0 aromatic heterocycles. The van der Waals surface area contributed by atoms with Gasteiger partial charge in [0.05, 0.1) is 0 Å². The van der Waals surface area contributed by atoms with Gasteiger partial charge in [0.25, 0.3) is 0 Å². The Hall–Kier alpha value is -0.617. The van der Waals surface area contributed by atoms with Gasteiger partial charge < -0.3 is 24.8 Å². The van der Waals surface area contributed by atoms with E-state index in [4.69, 9.17) is 0 Å². The fraction of sp³-hybridized carbons (Fsp3) is 0.500. The van der Waals surface area contributed by atoms with Gasteiger partial charge in [-0.15, -0.1) is 0 Å². The molecule has 188 valence electrons. The largest absolute Gasteiger partial charge is 1.00 e. The maximum atomic E-state index is 2.52. The van der Waals surface area contributed by atoms with E-state index in [1.54, 1.807) is 33.4 Å². The molecular weight excluding hydrogens is 546 g/mol. The second-order valence-corrected chi connectivity index (χ2v) is 13.5. The van der Waals surface area contributed by atoms with Crippen molar-refractivity contribution in [2.75, 3.05) is 0 Å². The fourth-order valence-electron chi connectivity index (χ4n) is 6.33. The van der Waals surface area contributed by atoms with Crippen LogP contribution in [0.3, 0.4) is 0 Å². The van der Waals surface area contributed by atoms with Gasteiger partial charge in [0.2, 0.25) is 0 Å².